The van der Waals surface area contributed by atoms with Crippen LogP contribution in [0.25, 0.3) is 0 Å². The Morgan fingerprint density at radius 3 is 1.43 bits per heavy atom. The van der Waals surface area contributed by atoms with E-state index < -0.39 is 6.23 Å². The second kappa shape index (κ2) is 19.9. The van der Waals surface area contributed by atoms with Crippen LogP contribution >= 0.6 is 0 Å². The summed E-state index contributed by atoms with van der Waals surface area (Å²) in [5.74, 6) is 0. The Hall–Kier alpha value is -0.120. The van der Waals surface area contributed by atoms with Crippen LogP contribution in [0.3, 0.4) is 0 Å². The summed E-state index contributed by atoms with van der Waals surface area (Å²) in [6.07, 6.45) is 20.9. The van der Waals surface area contributed by atoms with Crippen LogP contribution in [0.1, 0.15) is 110 Å². The van der Waals surface area contributed by atoms with Crippen molar-refractivity contribution in [1.29, 1.82) is 0 Å². The number of aliphatic hydroxyl groups excluding tert-OH is 2. The van der Waals surface area contributed by atoms with E-state index in [4.69, 9.17) is 5.11 Å². The van der Waals surface area contributed by atoms with Gasteiger partial charge in [0.25, 0.3) is 0 Å². The average Bonchev–Trinajstić information content (AvgIpc) is 2.56. The van der Waals surface area contributed by atoms with Crippen molar-refractivity contribution in [3.63, 3.8) is 0 Å². The Labute approximate surface area is 145 Å². The first-order valence-corrected chi connectivity index (χ1v) is 10.3. The number of rotatable bonds is 19. The molecule has 3 heteroatoms. The highest BCUT2D eigenvalue weighted by atomic mass is 16.3. The van der Waals surface area contributed by atoms with Gasteiger partial charge < -0.3 is 10.2 Å². The molecule has 3 N–H and O–H groups in total. The molecule has 0 spiro atoms. The highest BCUT2D eigenvalue weighted by molar-refractivity contribution is 4.54. The Kier molecular flexibility index (Phi) is 19.8. The van der Waals surface area contributed by atoms with E-state index in [1.165, 1.54) is 89.9 Å². The van der Waals surface area contributed by atoms with Crippen molar-refractivity contribution in [2.24, 2.45) is 0 Å². The number of hydrogen-bond acceptors (Lipinski definition) is 3. The Balaban J connectivity index is 3.02. The molecule has 0 rings (SSSR count). The summed E-state index contributed by atoms with van der Waals surface area (Å²) >= 11 is 0. The molecule has 0 aliphatic carbocycles. The van der Waals surface area contributed by atoms with E-state index >= 15 is 0 Å². The maximum atomic E-state index is 9.56. The first kappa shape index (κ1) is 22.9. The SMILES string of the molecule is CCCCCCCCCCCCCCCCCC(O)NCCO. The lowest BCUT2D eigenvalue weighted by Gasteiger charge is -2.11. The third-order valence-electron chi connectivity index (χ3n) is 4.57. The largest absolute Gasteiger partial charge is 0.395 e. The van der Waals surface area contributed by atoms with Gasteiger partial charge in [-0.1, -0.05) is 96.8 Å². The van der Waals surface area contributed by atoms with Gasteiger partial charge in [-0.15, -0.1) is 0 Å². The zero-order valence-corrected chi connectivity index (χ0v) is 15.7. The maximum absolute atomic E-state index is 9.56. The van der Waals surface area contributed by atoms with Crippen LogP contribution in [0.4, 0.5) is 0 Å². The van der Waals surface area contributed by atoms with Crippen molar-refractivity contribution in [3.05, 3.63) is 0 Å². The average molecular weight is 330 g/mol. The van der Waals surface area contributed by atoms with Crippen LogP contribution in [-0.2, 0) is 0 Å². The van der Waals surface area contributed by atoms with Gasteiger partial charge in [-0.25, -0.2) is 0 Å². The van der Waals surface area contributed by atoms with E-state index in [0.29, 0.717) is 6.54 Å². The molecule has 0 amide bonds. The molecule has 140 valence electrons. The van der Waals surface area contributed by atoms with Gasteiger partial charge in [0.15, 0.2) is 0 Å². The molecule has 0 radical (unpaired) electrons. The van der Waals surface area contributed by atoms with Crippen molar-refractivity contribution in [2.45, 2.75) is 116 Å². The molecule has 0 aromatic carbocycles. The van der Waals surface area contributed by atoms with Gasteiger partial charge in [0.2, 0.25) is 0 Å². The lowest BCUT2D eigenvalue weighted by atomic mass is 10.0. The lowest BCUT2D eigenvalue weighted by molar-refractivity contribution is 0.116. The van der Waals surface area contributed by atoms with E-state index in [1.807, 2.05) is 0 Å². The lowest BCUT2D eigenvalue weighted by Crippen LogP contribution is -2.30. The molecule has 1 unspecified atom stereocenters. The Morgan fingerprint density at radius 2 is 1.04 bits per heavy atom. The minimum absolute atomic E-state index is 0.0932. The van der Waals surface area contributed by atoms with Gasteiger partial charge in [0, 0.05) is 6.54 Å². The van der Waals surface area contributed by atoms with Crippen molar-refractivity contribution in [3.8, 4) is 0 Å². The molecule has 0 fully saturated rings. The minimum atomic E-state index is -0.441. The first-order valence-electron chi connectivity index (χ1n) is 10.3. The molecule has 0 aliphatic rings. The Bertz CT molecular complexity index is 212. The molecule has 23 heavy (non-hydrogen) atoms. The molecule has 0 bridgehead atoms. The zero-order valence-electron chi connectivity index (χ0n) is 15.7. The van der Waals surface area contributed by atoms with Crippen LogP contribution in [-0.4, -0.2) is 29.6 Å². The molecule has 0 aromatic heterocycles. The molecule has 0 saturated heterocycles. The fourth-order valence-corrected chi connectivity index (χ4v) is 3.04. The van der Waals surface area contributed by atoms with Crippen LogP contribution in [0.15, 0.2) is 0 Å². The van der Waals surface area contributed by atoms with Crippen molar-refractivity contribution in [2.75, 3.05) is 13.2 Å². The highest BCUT2D eigenvalue weighted by Gasteiger charge is 2.01. The number of unbranched alkanes of at least 4 members (excludes halogenated alkanes) is 14. The van der Waals surface area contributed by atoms with E-state index in [-0.39, 0.29) is 6.61 Å². The Morgan fingerprint density at radius 1 is 0.652 bits per heavy atom. The zero-order chi connectivity index (χ0) is 17.0. The van der Waals surface area contributed by atoms with Gasteiger partial charge >= 0.3 is 0 Å². The quantitative estimate of drug-likeness (QED) is 0.227. The molecule has 0 saturated carbocycles. The smallest absolute Gasteiger partial charge is 0.104 e. The fourth-order valence-electron chi connectivity index (χ4n) is 3.04. The predicted molar refractivity (Wildman–Crippen MR) is 101 cm³/mol. The third kappa shape index (κ3) is 19.8. The summed E-state index contributed by atoms with van der Waals surface area (Å²) < 4.78 is 0. The van der Waals surface area contributed by atoms with Gasteiger partial charge in [0.1, 0.15) is 6.23 Å². The third-order valence-corrected chi connectivity index (χ3v) is 4.57. The number of hydrogen-bond donors (Lipinski definition) is 3. The van der Waals surface area contributed by atoms with Gasteiger partial charge in [-0.05, 0) is 12.8 Å². The summed E-state index contributed by atoms with van der Waals surface area (Å²) in [5, 5.41) is 21.1. The van der Waals surface area contributed by atoms with Crippen LogP contribution in [0.2, 0.25) is 0 Å². The topological polar surface area (TPSA) is 52.5 Å². The molecule has 0 aromatic rings. The molecular formula is C20H43NO2. The van der Waals surface area contributed by atoms with Gasteiger partial charge in [0.05, 0.1) is 6.61 Å². The summed E-state index contributed by atoms with van der Waals surface area (Å²) in [4.78, 5) is 0. The molecular weight excluding hydrogens is 286 g/mol. The van der Waals surface area contributed by atoms with E-state index in [1.54, 1.807) is 0 Å². The minimum Gasteiger partial charge on any atom is -0.395 e. The maximum Gasteiger partial charge on any atom is 0.104 e. The number of aliphatic hydroxyl groups is 2. The highest BCUT2D eigenvalue weighted by Crippen LogP contribution is 2.13. The van der Waals surface area contributed by atoms with Crippen molar-refractivity contribution >= 4 is 0 Å². The van der Waals surface area contributed by atoms with E-state index in [2.05, 4.69) is 12.2 Å². The molecule has 0 aliphatic heterocycles. The summed E-state index contributed by atoms with van der Waals surface area (Å²) in [7, 11) is 0. The van der Waals surface area contributed by atoms with Crippen molar-refractivity contribution < 1.29 is 10.2 Å². The van der Waals surface area contributed by atoms with Gasteiger partial charge in [-0.3, -0.25) is 5.32 Å². The summed E-state index contributed by atoms with van der Waals surface area (Å²) in [6.45, 7) is 2.86. The summed E-state index contributed by atoms with van der Waals surface area (Å²) in [5.41, 5.74) is 0. The standard InChI is InChI=1S/C20H43NO2/c1-2-3-4-5-6-7-8-9-10-11-12-13-14-15-16-17-20(23)21-18-19-22/h20-23H,2-19H2,1H3. The van der Waals surface area contributed by atoms with Crippen LogP contribution in [0, 0.1) is 0 Å². The second-order valence-corrected chi connectivity index (χ2v) is 6.93. The first-order chi connectivity index (χ1) is 11.3. The van der Waals surface area contributed by atoms with E-state index in [9.17, 15) is 5.11 Å². The normalized spacial score (nSPS) is 12.7. The van der Waals surface area contributed by atoms with Crippen LogP contribution < -0.4 is 5.32 Å². The monoisotopic (exact) mass is 329 g/mol. The predicted octanol–water partition coefficient (Wildman–Crippen LogP) is 5.15. The molecule has 1 atom stereocenters. The van der Waals surface area contributed by atoms with Gasteiger partial charge in [-0.2, -0.15) is 0 Å². The molecule has 0 heterocycles. The number of nitrogens with one attached hydrogen (secondary N) is 1. The second-order valence-electron chi connectivity index (χ2n) is 6.93. The van der Waals surface area contributed by atoms with Crippen molar-refractivity contribution in [1.82, 2.24) is 5.32 Å². The summed E-state index contributed by atoms with van der Waals surface area (Å²) in [6, 6.07) is 0. The molecule has 3 nitrogen and oxygen atoms in total. The fraction of sp³-hybridized carbons (Fsp3) is 1.00. The van der Waals surface area contributed by atoms with Crippen LogP contribution in [0.5, 0.6) is 0 Å². The van der Waals surface area contributed by atoms with E-state index in [0.717, 1.165) is 12.8 Å².